The Bertz CT molecular complexity index is 1570. The number of phenolic OH excluding ortho intramolecular Hbond substituents is 2. The number of ketones is 1. The van der Waals surface area contributed by atoms with Crippen LogP contribution in [0.5, 0.6) is 23.0 Å². The van der Waals surface area contributed by atoms with Crippen molar-refractivity contribution in [3.05, 3.63) is 88.7 Å². The highest BCUT2D eigenvalue weighted by molar-refractivity contribution is 5.99. The number of benzene rings is 3. The van der Waals surface area contributed by atoms with Crippen molar-refractivity contribution >= 4 is 23.5 Å². The molecule has 2 aliphatic heterocycles. The van der Waals surface area contributed by atoms with Gasteiger partial charge in [0, 0.05) is 52.9 Å². The number of ether oxygens (including phenoxy) is 4. The van der Waals surface area contributed by atoms with Gasteiger partial charge in [-0.2, -0.15) is 0 Å². The fraction of sp³-hybridized carbons (Fsp3) is 0.281. The SMILES string of the molecule is CCOC1=CC(=O)C(CCCOC(=O)Nc2ccc3c(c2)C(=O)OC32c3ccc(O)cc3Oc3cc(O)ccc32)CC1. The van der Waals surface area contributed by atoms with E-state index in [1.807, 2.05) is 6.92 Å². The predicted octanol–water partition coefficient (Wildman–Crippen LogP) is 5.89. The molecule has 3 aromatic rings. The number of nitrogens with one attached hydrogen (secondary N) is 1. The molecule has 10 nitrogen and oxygen atoms in total. The van der Waals surface area contributed by atoms with Gasteiger partial charge in [-0.15, -0.1) is 0 Å². The van der Waals surface area contributed by atoms with E-state index in [0.29, 0.717) is 48.2 Å². The summed E-state index contributed by atoms with van der Waals surface area (Å²) < 4.78 is 22.8. The zero-order valence-electron chi connectivity index (χ0n) is 22.8. The number of aromatic hydroxyl groups is 2. The molecule has 0 bridgehead atoms. The zero-order valence-corrected chi connectivity index (χ0v) is 22.8. The Hall–Kier alpha value is -4.99. The average Bonchev–Trinajstić information content (AvgIpc) is 3.23. The molecule has 1 atom stereocenters. The second-order valence-electron chi connectivity index (χ2n) is 10.4. The van der Waals surface area contributed by atoms with Gasteiger partial charge in [0.05, 0.1) is 24.5 Å². The van der Waals surface area contributed by atoms with Crippen LogP contribution < -0.4 is 10.1 Å². The van der Waals surface area contributed by atoms with Crippen LogP contribution in [0.3, 0.4) is 0 Å². The van der Waals surface area contributed by atoms with E-state index in [4.69, 9.17) is 18.9 Å². The van der Waals surface area contributed by atoms with Crippen LogP contribution in [0, 0.1) is 5.92 Å². The molecule has 216 valence electrons. The minimum absolute atomic E-state index is 0.0343. The first-order chi connectivity index (χ1) is 20.3. The smallest absolute Gasteiger partial charge is 0.411 e. The average molecular weight is 572 g/mol. The molecule has 0 fully saturated rings. The highest BCUT2D eigenvalue weighted by atomic mass is 16.6. The third-order valence-electron chi connectivity index (χ3n) is 7.72. The number of carbonyl (C=O) groups is 3. The van der Waals surface area contributed by atoms with Crippen molar-refractivity contribution in [1.82, 2.24) is 0 Å². The first-order valence-electron chi connectivity index (χ1n) is 13.8. The van der Waals surface area contributed by atoms with Gasteiger partial charge >= 0.3 is 12.1 Å². The number of amides is 1. The summed E-state index contributed by atoms with van der Waals surface area (Å²) in [5, 5.41) is 22.8. The van der Waals surface area contributed by atoms with Gasteiger partial charge in [-0.1, -0.05) is 6.07 Å². The lowest BCUT2D eigenvalue weighted by Crippen LogP contribution is -2.32. The van der Waals surface area contributed by atoms with Crippen molar-refractivity contribution < 1.29 is 43.5 Å². The van der Waals surface area contributed by atoms with Crippen LogP contribution in [0.15, 0.2) is 66.4 Å². The summed E-state index contributed by atoms with van der Waals surface area (Å²) in [6.07, 6.45) is 3.47. The minimum atomic E-state index is -1.38. The standard InChI is InChI=1S/C32H29NO9/c1-2-39-22-9-5-18(27(36)17-22)4-3-13-40-31(38)33-19-6-10-24-23(14-19)30(37)42-32(24)25-11-7-20(34)15-28(25)41-29-16-21(35)8-12-26(29)32/h6-8,10-12,14-18,34-35H,2-5,9,13H2,1H3,(H,33,38). The number of allylic oxidation sites excluding steroid dienone is 2. The van der Waals surface area contributed by atoms with Crippen molar-refractivity contribution in [3.63, 3.8) is 0 Å². The summed E-state index contributed by atoms with van der Waals surface area (Å²) in [5.41, 5.74) is 0.729. The van der Waals surface area contributed by atoms with E-state index in [-0.39, 0.29) is 46.9 Å². The summed E-state index contributed by atoms with van der Waals surface area (Å²) in [6.45, 7) is 2.56. The Morgan fingerprint density at radius 1 is 1.00 bits per heavy atom. The largest absolute Gasteiger partial charge is 0.508 e. The number of anilines is 1. The molecule has 1 unspecified atom stereocenters. The van der Waals surface area contributed by atoms with E-state index in [2.05, 4.69) is 5.32 Å². The second-order valence-corrected chi connectivity index (χ2v) is 10.4. The molecule has 6 rings (SSSR count). The maximum Gasteiger partial charge on any atom is 0.411 e. The molecule has 1 amide bonds. The zero-order chi connectivity index (χ0) is 29.4. The number of hydrogen-bond acceptors (Lipinski definition) is 9. The Morgan fingerprint density at radius 3 is 2.36 bits per heavy atom. The number of phenols is 2. The lowest BCUT2D eigenvalue weighted by Gasteiger charge is -2.36. The number of fused-ring (bicyclic) bond motifs is 6. The summed E-state index contributed by atoms with van der Waals surface area (Å²) >= 11 is 0. The summed E-state index contributed by atoms with van der Waals surface area (Å²) in [6, 6.07) is 13.9. The molecular weight excluding hydrogens is 542 g/mol. The van der Waals surface area contributed by atoms with E-state index in [0.717, 1.165) is 12.2 Å². The highest BCUT2D eigenvalue weighted by Gasteiger charge is 2.53. The van der Waals surface area contributed by atoms with Crippen molar-refractivity contribution in [2.75, 3.05) is 18.5 Å². The van der Waals surface area contributed by atoms with Crippen molar-refractivity contribution in [2.45, 2.75) is 38.2 Å². The lowest BCUT2D eigenvalue weighted by atomic mass is 9.77. The molecule has 1 spiro atoms. The normalized spacial score (nSPS) is 17.7. The van der Waals surface area contributed by atoms with Gasteiger partial charge < -0.3 is 29.2 Å². The second kappa shape index (κ2) is 10.8. The Kier molecular flexibility index (Phi) is 6.97. The molecule has 2 heterocycles. The summed E-state index contributed by atoms with van der Waals surface area (Å²) in [4.78, 5) is 38.0. The molecule has 0 saturated carbocycles. The van der Waals surface area contributed by atoms with E-state index in [1.54, 1.807) is 30.3 Å². The third-order valence-corrected chi connectivity index (χ3v) is 7.72. The topological polar surface area (TPSA) is 141 Å². The van der Waals surface area contributed by atoms with Crippen LogP contribution in [-0.2, 0) is 24.6 Å². The van der Waals surface area contributed by atoms with Gasteiger partial charge in [-0.3, -0.25) is 10.1 Å². The fourth-order valence-corrected chi connectivity index (χ4v) is 5.83. The predicted molar refractivity (Wildman–Crippen MR) is 150 cm³/mol. The van der Waals surface area contributed by atoms with E-state index >= 15 is 0 Å². The molecule has 0 saturated heterocycles. The van der Waals surface area contributed by atoms with Gasteiger partial charge in [0.25, 0.3) is 0 Å². The maximum atomic E-state index is 13.2. The molecule has 1 aliphatic carbocycles. The monoisotopic (exact) mass is 571 g/mol. The van der Waals surface area contributed by atoms with Crippen molar-refractivity contribution in [1.29, 1.82) is 0 Å². The molecular formula is C32H29NO9. The van der Waals surface area contributed by atoms with Crippen molar-refractivity contribution in [3.8, 4) is 23.0 Å². The summed E-state index contributed by atoms with van der Waals surface area (Å²) in [5.74, 6) is 0.536. The fourth-order valence-electron chi connectivity index (χ4n) is 5.83. The lowest BCUT2D eigenvalue weighted by molar-refractivity contribution is -0.119. The van der Waals surface area contributed by atoms with Gasteiger partial charge in [0.15, 0.2) is 11.4 Å². The third kappa shape index (κ3) is 4.78. The van der Waals surface area contributed by atoms with Gasteiger partial charge in [0.1, 0.15) is 23.0 Å². The molecule has 3 aromatic carbocycles. The van der Waals surface area contributed by atoms with E-state index < -0.39 is 17.7 Å². The van der Waals surface area contributed by atoms with E-state index in [9.17, 15) is 24.6 Å². The number of carbonyl (C=O) groups excluding carboxylic acids is 3. The number of hydrogen-bond donors (Lipinski definition) is 3. The van der Waals surface area contributed by atoms with Crippen LogP contribution in [-0.4, -0.2) is 41.3 Å². The Balaban J connectivity index is 1.16. The van der Waals surface area contributed by atoms with Crippen LogP contribution in [0.25, 0.3) is 0 Å². The van der Waals surface area contributed by atoms with Crippen LogP contribution in [0.4, 0.5) is 10.5 Å². The first-order valence-corrected chi connectivity index (χ1v) is 13.8. The quantitative estimate of drug-likeness (QED) is 0.234. The van der Waals surface area contributed by atoms with Crippen LogP contribution in [0.2, 0.25) is 0 Å². The molecule has 3 N–H and O–H groups in total. The number of rotatable bonds is 7. The first kappa shape index (κ1) is 27.2. The minimum Gasteiger partial charge on any atom is -0.508 e. The molecule has 42 heavy (non-hydrogen) atoms. The Labute approximate surface area is 241 Å². The Morgan fingerprint density at radius 2 is 1.69 bits per heavy atom. The van der Waals surface area contributed by atoms with Crippen LogP contribution >= 0.6 is 0 Å². The number of esters is 1. The van der Waals surface area contributed by atoms with Gasteiger partial charge in [-0.25, -0.2) is 9.59 Å². The van der Waals surface area contributed by atoms with E-state index in [1.165, 1.54) is 30.3 Å². The molecule has 0 radical (unpaired) electrons. The highest BCUT2D eigenvalue weighted by Crippen LogP contribution is 2.57. The summed E-state index contributed by atoms with van der Waals surface area (Å²) in [7, 11) is 0. The molecule has 3 aliphatic rings. The van der Waals surface area contributed by atoms with Crippen LogP contribution in [0.1, 0.15) is 59.7 Å². The van der Waals surface area contributed by atoms with Crippen molar-refractivity contribution in [2.24, 2.45) is 5.92 Å². The maximum absolute atomic E-state index is 13.2. The molecule has 10 heteroatoms. The van der Waals surface area contributed by atoms with Gasteiger partial charge in [0.2, 0.25) is 0 Å². The molecule has 0 aromatic heterocycles. The van der Waals surface area contributed by atoms with Gasteiger partial charge in [-0.05, 0) is 62.6 Å².